The molecule has 0 radical (unpaired) electrons. The fraction of sp³-hybridized carbons (Fsp3) is 0.500. The Bertz CT molecular complexity index is 991. The van der Waals surface area contributed by atoms with Crippen LogP contribution < -0.4 is 15.4 Å². The van der Waals surface area contributed by atoms with E-state index in [0.29, 0.717) is 32.2 Å². The molecule has 0 aliphatic carbocycles. The van der Waals surface area contributed by atoms with Crippen LogP contribution in [0.4, 0.5) is 0 Å². The van der Waals surface area contributed by atoms with E-state index < -0.39 is 10.0 Å². The van der Waals surface area contributed by atoms with Gasteiger partial charge in [0.1, 0.15) is 11.5 Å². The number of nitrogens with zero attached hydrogens (tertiary/aromatic N) is 2. The molecule has 4 rings (SSSR count). The molecule has 1 saturated heterocycles. The Hall–Kier alpha value is -2.52. The molecule has 0 bridgehead atoms. The van der Waals surface area contributed by atoms with Crippen LogP contribution in [0.5, 0.6) is 5.75 Å². The van der Waals surface area contributed by atoms with Gasteiger partial charge in [0.2, 0.25) is 10.0 Å². The zero-order chi connectivity index (χ0) is 21.7. The molecule has 2 atom stereocenters. The van der Waals surface area contributed by atoms with Gasteiger partial charge in [0.15, 0.2) is 5.96 Å². The fourth-order valence-corrected chi connectivity index (χ4v) is 5.37. The number of hydrogen-bond donors (Lipinski definition) is 2. The standard InChI is InChI=1S/C22H30N4O4S/c1-31(27,28)26-13-4-6-17(26)16-24-22(23-12-10-18-7-5-14-29-18)25-20-11-15-30-21-9-3-2-8-19(20)21/h2-3,5,7-9,14,17,20H,4,6,10-13,15-16H2,1H3,(H2,23,24,25)/t17-,20?/m1/s1. The van der Waals surface area contributed by atoms with E-state index in [4.69, 9.17) is 14.1 Å². The Labute approximate surface area is 183 Å². The number of ether oxygens (including phenoxy) is 1. The number of hydrogen-bond acceptors (Lipinski definition) is 5. The highest BCUT2D eigenvalue weighted by Gasteiger charge is 2.31. The summed E-state index contributed by atoms with van der Waals surface area (Å²) in [6.07, 6.45) is 6.20. The lowest BCUT2D eigenvalue weighted by molar-refractivity contribution is 0.261. The van der Waals surface area contributed by atoms with Crippen LogP contribution in [0.15, 0.2) is 52.1 Å². The van der Waals surface area contributed by atoms with Crippen molar-refractivity contribution in [2.45, 2.75) is 37.8 Å². The van der Waals surface area contributed by atoms with Crippen LogP contribution in [0.25, 0.3) is 0 Å². The van der Waals surface area contributed by atoms with Crippen LogP contribution in [0.2, 0.25) is 0 Å². The number of nitrogens with one attached hydrogen (secondary N) is 2. The topological polar surface area (TPSA) is 96.2 Å². The largest absolute Gasteiger partial charge is 0.493 e. The van der Waals surface area contributed by atoms with E-state index in [1.165, 1.54) is 6.26 Å². The van der Waals surface area contributed by atoms with Crippen LogP contribution in [-0.4, -0.2) is 57.2 Å². The average molecular weight is 447 g/mol. The van der Waals surface area contributed by atoms with E-state index in [2.05, 4.69) is 16.7 Å². The minimum atomic E-state index is -3.22. The Morgan fingerprint density at radius 1 is 1.23 bits per heavy atom. The Kier molecular flexibility index (Phi) is 6.82. The first-order valence-corrected chi connectivity index (χ1v) is 12.6. The number of rotatable bonds is 7. The van der Waals surface area contributed by atoms with Gasteiger partial charge in [-0.3, -0.25) is 4.99 Å². The highest BCUT2D eigenvalue weighted by atomic mass is 32.2. The van der Waals surface area contributed by atoms with Gasteiger partial charge < -0.3 is 19.8 Å². The maximum atomic E-state index is 12.1. The summed E-state index contributed by atoms with van der Waals surface area (Å²) in [6, 6.07) is 11.8. The summed E-state index contributed by atoms with van der Waals surface area (Å²) in [4.78, 5) is 4.77. The Morgan fingerprint density at radius 3 is 2.90 bits per heavy atom. The van der Waals surface area contributed by atoms with Gasteiger partial charge in [-0.25, -0.2) is 8.42 Å². The molecule has 9 heteroatoms. The van der Waals surface area contributed by atoms with E-state index in [-0.39, 0.29) is 12.1 Å². The third-order valence-corrected chi connectivity index (χ3v) is 7.06. The molecule has 0 amide bonds. The van der Waals surface area contributed by atoms with Crippen LogP contribution >= 0.6 is 0 Å². The second-order valence-electron chi connectivity index (χ2n) is 7.99. The maximum Gasteiger partial charge on any atom is 0.211 e. The molecule has 1 aromatic heterocycles. The van der Waals surface area contributed by atoms with E-state index >= 15 is 0 Å². The lowest BCUT2D eigenvalue weighted by Crippen LogP contribution is -2.43. The number of fused-ring (bicyclic) bond motifs is 1. The average Bonchev–Trinajstić information content (AvgIpc) is 3.44. The summed E-state index contributed by atoms with van der Waals surface area (Å²) in [5.41, 5.74) is 1.10. The molecule has 1 aromatic carbocycles. The summed E-state index contributed by atoms with van der Waals surface area (Å²) in [5.74, 6) is 2.47. The third kappa shape index (κ3) is 5.59. The molecular weight excluding hydrogens is 416 g/mol. The van der Waals surface area contributed by atoms with Gasteiger partial charge in [0.05, 0.1) is 31.7 Å². The third-order valence-electron chi connectivity index (χ3n) is 5.72. The summed E-state index contributed by atoms with van der Waals surface area (Å²) >= 11 is 0. The number of sulfonamides is 1. The first-order valence-electron chi connectivity index (χ1n) is 10.8. The first kappa shape index (κ1) is 21.7. The molecule has 1 fully saturated rings. The van der Waals surface area contributed by atoms with Crippen LogP contribution in [0.3, 0.4) is 0 Å². The fourth-order valence-electron chi connectivity index (χ4n) is 4.19. The highest BCUT2D eigenvalue weighted by Crippen LogP contribution is 2.31. The number of benzene rings is 1. The van der Waals surface area contributed by atoms with Crippen LogP contribution in [0, 0.1) is 0 Å². The Balaban J connectivity index is 1.46. The van der Waals surface area contributed by atoms with Crippen LogP contribution in [-0.2, 0) is 16.4 Å². The van der Waals surface area contributed by atoms with E-state index in [1.807, 2.05) is 30.3 Å². The molecule has 1 unspecified atom stereocenters. The van der Waals surface area contributed by atoms with Gasteiger partial charge >= 0.3 is 0 Å². The summed E-state index contributed by atoms with van der Waals surface area (Å²) < 4.78 is 36.9. The molecule has 2 aliphatic rings. The Morgan fingerprint density at radius 2 is 2.10 bits per heavy atom. The van der Waals surface area contributed by atoms with Crippen molar-refractivity contribution in [3.63, 3.8) is 0 Å². The van der Waals surface area contributed by atoms with Crippen molar-refractivity contribution >= 4 is 16.0 Å². The molecule has 2 aromatic rings. The zero-order valence-corrected chi connectivity index (χ0v) is 18.6. The highest BCUT2D eigenvalue weighted by molar-refractivity contribution is 7.88. The number of para-hydroxylation sites is 1. The normalized spacial score (nSPS) is 22.0. The molecule has 2 aliphatic heterocycles. The van der Waals surface area contributed by atoms with E-state index in [0.717, 1.165) is 42.8 Å². The zero-order valence-electron chi connectivity index (χ0n) is 17.8. The second kappa shape index (κ2) is 9.74. The SMILES string of the molecule is CS(=O)(=O)N1CCC[C@@H]1CN=C(NCCc1ccco1)NC1CCOc2ccccc21. The van der Waals surface area contributed by atoms with Gasteiger partial charge in [0.25, 0.3) is 0 Å². The number of furan rings is 1. The quantitative estimate of drug-likeness (QED) is 0.501. The van der Waals surface area contributed by atoms with Crippen molar-refractivity contribution in [3.8, 4) is 5.75 Å². The first-order chi connectivity index (χ1) is 15.0. The number of aliphatic imine (C=N–C) groups is 1. The minimum Gasteiger partial charge on any atom is -0.493 e. The second-order valence-corrected chi connectivity index (χ2v) is 9.92. The molecular formula is C22H30N4O4S. The molecule has 31 heavy (non-hydrogen) atoms. The van der Waals surface area contributed by atoms with Crippen molar-refractivity contribution in [1.29, 1.82) is 0 Å². The van der Waals surface area contributed by atoms with Gasteiger partial charge in [-0.1, -0.05) is 18.2 Å². The van der Waals surface area contributed by atoms with E-state index in [9.17, 15) is 8.42 Å². The summed E-state index contributed by atoms with van der Waals surface area (Å²) in [6.45, 7) is 2.29. The van der Waals surface area contributed by atoms with Crippen molar-refractivity contribution in [3.05, 3.63) is 54.0 Å². The predicted octanol–water partition coefficient (Wildman–Crippen LogP) is 2.31. The van der Waals surface area contributed by atoms with Crippen molar-refractivity contribution in [2.75, 3.05) is 32.5 Å². The van der Waals surface area contributed by atoms with E-state index in [1.54, 1.807) is 10.6 Å². The maximum absolute atomic E-state index is 12.1. The number of guanidine groups is 1. The van der Waals surface area contributed by atoms with Crippen molar-refractivity contribution in [1.82, 2.24) is 14.9 Å². The van der Waals surface area contributed by atoms with Crippen molar-refractivity contribution in [2.24, 2.45) is 4.99 Å². The molecule has 0 saturated carbocycles. The smallest absolute Gasteiger partial charge is 0.211 e. The monoisotopic (exact) mass is 446 g/mol. The van der Waals surface area contributed by atoms with Gasteiger partial charge in [0, 0.05) is 37.5 Å². The lowest BCUT2D eigenvalue weighted by Gasteiger charge is -2.28. The van der Waals surface area contributed by atoms with Gasteiger partial charge in [-0.2, -0.15) is 4.31 Å². The molecule has 2 N–H and O–H groups in total. The molecule has 8 nitrogen and oxygen atoms in total. The van der Waals surface area contributed by atoms with Crippen molar-refractivity contribution < 1.29 is 17.6 Å². The summed E-state index contributed by atoms with van der Waals surface area (Å²) in [5, 5.41) is 6.91. The van der Waals surface area contributed by atoms with Gasteiger partial charge in [-0.15, -0.1) is 0 Å². The predicted molar refractivity (Wildman–Crippen MR) is 120 cm³/mol. The molecule has 0 spiro atoms. The lowest BCUT2D eigenvalue weighted by atomic mass is 10.0. The molecule has 168 valence electrons. The summed E-state index contributed by atoms with van der Waals surface area (Å²) in [7, 11) is -3.22. The molecule has 3 heterocycles. The minimum absolute atomic E-state index is 0.0781. The van der Waals surface area contributed by atoms with Crippen LogP contribution in [0.1, 0.15) is 36.6 Å². The van der Waals surface area contributed by atoms with Gasteiger partial charge in [-0.05, 0) is 31.0 Å².